The zero-order chi connectivity index (χ0) is 13.4. The van der Waals surface area contributed by atoms with Crippen molar-refractivity contribution in [3.63, 3.8) is 0 Å². The number of carboxylic acid groups (broad SMARTS) is 1. The number of carboxylic acids is 1. The molecule has 3 unspecified atom stereocenters. The predicted molar refractivity (Wildman–Crippen MR) is 71.7 cm³/mol. The third kappa shape index (κ3) is 4.94. The molecule has 1 saturated carbocycles. The molecule has 0 bridgehead atoms. The number of carbonyl (C=O) groups is 1. The molecular weight excluding hydrogens is 230 g/mol. The summed E-state index contributed by atoms with van der Waals surface area (Å²) in [7, 11) is 0. The lowest BCUT2D eigenvalue weighted by atomic mass is 9.85. The number of aliphatic carboxylic acids is 1. The van der Waals surface area contributed by atoms with Crippen molar-refractivity contribution in [2.45, 2.75) is 64.5 Å². The van der Waals surface area contributed by atoms with Gasteiger partial charge < -0.3 is 15.2 Å². The third-order valence-electron chi connectivity index (χ3n) is 3.78. The Labute approximate surface area is 110 Å². The first-order chi connectivity index (χ1) is 8.69. The van der Waals surface area contributed by atoms with Gasteiger partial charge in [-0.15, -0.1) is 0 Å². The SMILES string of the molecule is CCCNC(COC1CCCCC1CC)C(=O)O. The third-order valence-corrected chi connectivity index (χ3v) is 3.78. The highest BCUT2D eigenvalue weighted by Gasteiger charge is 2.26. The van der Waals surface area contributed by atoms with Crippen LogP contribution in [-0.2, 0) is 9.53 Å². The molecule has 0 aromatic rings. The molecule has 1 rings (SSSR count). The van der Waals surface area contributed by atoms with Crippen molar-refractivity contribution in [3.8, 4) is 0 Å². The number of hydrogen-bond donors (Lipinski definition) is 2. The van der Waals surface area contributed by atoms with Crippen molar-refractivity contribution in [3.05, 3.63) is 0 Å². The van der Waals surface area contributed by atoms with Crippen molar-refractivity contribution in [1.29, 1.82) is 0 Å². The Morgan fingerprint density at radius 3 is 2.72 bits per heavy atom. The first-order valence-corrected chi connectivity index (χ1v) is 7.26. The molecule has 0 saturated heterocycles. The Morgan fingerprint density at radius 2 is 2.11 bits per heavy atom. The average molecular weight is 257 g/mol. The van der Waals surface area contributed by atoms with Crippen LogP contribution in [0.3, 0.4) is 0 Å². The topological polar surface area (TPSA) is 58.6 Å². The zero-order valence-corrected chi connectivity index (χ0v) is 11.7. The van der Waals surface area contributed by atoms with Crippen LogP contribution in [0, 0.1) is 5.92 Å². The summed E-state index contributed by atoms with van der Waals surface area (Å²) in [4.78, 5) is 11.1. The van der Waals surface area contributed by atoms with Crippen LogP contribution in [0.2, 0.25) is 0 Å². The van der Waals surface area contributed by atoms with Crippen molar-refractivity contribution in [2.24, 2.45) is 5.92 Å². The molecular formula is C14H27NO3. The number of ether oxygens (including phenoxy) is 1. The fourth-order valence-electron chi connectivity index (χ4n) is 2.62. The molecule has 4 nitrogen and oxygen atoms in total. The Morgan fingerprint density at radius 1 is 1.39 bits per heavy atom. The van der Waals surface area contributed by atoms with E-state index in [1.54, 1.807) is 0 Å². The van der Waals surface area contributed by atoms with E-state index in [4.69, 9.17) is 9.84 Å². The fraction of sp³-hybridized carbons (Fsp3) is 0.929. The first-order valence-electron chi connectivity index (χ1n) is 7.26. The highest BCUT2D eigenvalue weighted by molar-refractivity contribution is 5.73. The van der Waals surface area contributed by atoms with Gasteiger partial charge in [-0.1, -0.05) is 33.1 Å². The Hall–Kier alpha value is -0.610. The van der Waals surface area contributed by atoms with Gasteiger partial charge in [-0.2, -0.15) is 0 Å². The molecule has 2 N–H and O–H groups in total. The molecule has 1 fully saturated rings. The van der Waals surface area contributed by atoms with Gasteiger partial charge in [0.05, 0.1) is 12.7 Å². The minimum Gasteiger partial charge on any atom is -0.480 e. The fourth-order valence-corrected chi connectivity index (χ4v) is 2.62. The highest BCUT2D eigenvalue weighted by Crippen LogP contribution is 2.29. The van der Waals surface area contributed by atoms with Gasteiger partial charge in [-0.05, 0) is 31.7 Å². The molecule has 0 amide bonds. The van der Waals surface area contributed by atoms with Gasteiger partial charge in [0, 0.05) is 0 Å². The van der Waals surface area contributed by atoms with Gasteiger partial charge in [0.1, 0.15) is 6.04 Å². The van der Waals surface area contributed by atoms with Crippen molar-refractivity contribution in [2.75, 3.05) is 13.2 Å². The molecule has 0 aromatic carbocycles. The lowest BCUT2D eigenvalue weighted by molar-refractivity contribution is -0.142. The predicted octanol–water partition coefficient (Wildman–Crippen LogP) is 2.42. The summed E-state index contributed by atoms with van der Waals surface area (Å²) in [5.74, 6) is -0.202. The van der Waals surface area contributed by atoms with Crippen LogP contribution in [0.5, 0.6) is 0 Å². The Bertz CT molecular complexity index is 245. The van der Waals surface area contributed by atoms with E-state index in [9.17, 15) is 4.79 Å². The number of rotatable bonds is 8. The van der Waals surface area contributed by atoms with E-state index in [0.29, 0.717) is 5.92 Å². The summed E-state index contributed by atoms with van der Waals surface area (Å²) >= 11 is 0. The summed E-state index contributed by atoms with van der Waals surface area (Å²) in [6.45, 7) is 5.23. The average Bonchev–Trinajstić information content (AvgIpc) is 2.38. The van der Waals surface area contributed by atoms with Gasteiger partial charge in [-0.25, -0.2) is 0 Å². The smallest absolute Gasteiger partial charge is 0.323 e. The van der Waals surface area contributed by atoms with Gasteiger partial charge in [0.2, 0.25) is 0 Å². The van der Waals surface area contributed by atoms with E-state index in [0.717, 1.165) is 25.8 Å². The Kier molecular flexibility index (Phi) is 7.28. The molecule has 1 aliphatic rings. The molecule has 0 heterocycles. The van der Waals surface area contributed by atoms with Gasteiger partial charge in [0.15, 0.2) is 0 Å². The summed E-state index contributed by atoms with van der Waals surface area (Å²) < 4.78 is 5.86. The van der Waals surface area contributed by atoms with E-state index in [1.165, 1.54) is 19.3 Å². The lowest BCUT2D eigenvalue weighted by Crippen LogP contribution is -2.43. The molecule has 3 atom stereocenters. The Balaban J connectivity index is 2.37. The summed E-state index contributed by atoms with van der Waals surface area (Å²) in [6, 6.07) is -0.565. The van der Waals surface area contributed by atoms with E-state index in [2.05, 4.69) is 12.2 Å². The second-order valence-corrected chi connectivity index (χ2v) is 5.17. The van der Waals surface area contributed by atoms with E-state index >= 15 is 0 Å². The summed E-state index contributed by atoms with van der Waals surface area (Å²) in [5, 5.41) is 12.1. The number of nitrogens with one attached hydrogen (secondary N) is 1. The largest absolute Gasteiger partial charge is 0.480 e. The molecule has 0 spiro atoms. The molecule has 0 radical (unpaired) electrons. The van der Waals surface area contributed by atoms with Crippen LogP contribution < -0.4 is 5.32 Å². The summed E-state index contributed by atoms with van der Waals surface area (Å²) in [6.07, 6.45) is 7.13. The lowest BCUT2D eigenvalue weighted by Gasteiger charge is -2.31. The van der Waals surface area contributed by atoms with Crippen molar-refractivity contribution >= 4 is 5.97 Å². The normalized spacial score (nSPS) is 25.9. The highest BCUT2D eigenvalue weighted by atomic mass is 16.5. The van der Waals surface area contributed by atoms with E-state index < -0.39 is 12.0 Å². The molecule has 0 aromatic heterocycles. The van der Waals surface area contributed by atoms with Crippen LogP contribution in [0.15, 0.2) is 0 Å². The van der Waals surface area contributed by atoms with Crippen LogP contribution >= 0.6 is 0 Å². The second kappa shape index (κ2) is 8.48. The van der Waals surface area contributed by atoms with Crippen LogP contribution in [-0.4, -0.2) is 36.4 Å². The van der Waals surface area contributed by atoms with Crippen LogP contribution in [0.25, 0.3) is 0 Å². The molecule has 1 aliphatic carbocycles. The van der Waals surface area contributed by atoms with Gasteiger partial charge in [-0.3, -0.25) is 4.79 Å². The van der Waals surface area contributed by atoms with E-state index in [1.807, 2.05) is 6.92 Å². The number of hydrogen-bond acceptors (Lipinski definition) is 3. The first kappa shape index (κ1) is 15.4. The molecule has 106 valence electrons. The standard InChI is InChI=1S/C14H27NO3/c1-3-9-15-12(14(16)17)10-18-13-8-6-5-7-11(13)4-2/h11-13,15H,3-10H2,1-2H3,(H,16,17). The summed E-state index contributed by atoms with van der Waals surface area (Å²) in [5.41, 5.74) is 0. The molecule has 18 heavy (non-hydrogen) atoms. The van der Waals surface area contributed by atoms with Crippen LogP contribution in [0.4, 0.5) is 0 Å². The maximum absolute atomic E-state index is 11.1. The minimum absolute atomic E-state index is 0.258. The minimum atomic E-state index is -0.813. The maximum Gasteiger partial charge on any atom is 0.323 e. The van der Waals surface area contributed by atoms with Gasteiger partial charge in [0.25, 0.3) is 0 Å². The van der Waals surface area contributed by atoms with Gasteiger partial charge >= 0.3 is 5.97 Å². The van der Waals surface area contributed by atoms with Crippen molar-refractivity contribution in [1.82, 2.24) is 5.32 Å². The molecule has 0 aliphatic heterocycles. The maximum atomic E-state index is 11.1. The second-order valence-electron chi connectivity index (χ2n) is 5.17. The quantitative estimate of drug-likeness (QED) is 0.701. The monoisotopic (exact) mass is 257 g/mol. The van der Waals surface area contributed by atoms with E-state index in [-0.39, 0.29) is 12.7 Å². The van der Waals surface area contributed by atoms with Crippen LogP contribution in [0.1, 0.15) is 52.4 Å². The zero-order valence-electron chi connectivity index (χ0n) is 11.7. The molecule has 4 heteroatoms. The van der Waals surface area contributed by atoms with Crippen molar-refractivity contribution < 1.29 is 14.6 Å².